The molecule has 4 nitrogen and oxygen atoms in total. The molecule has 1 aliphatic heterocycles. The average Bonchev–Trinajstić information content (AvgIpc) is 2.69. The number of Topliss-reactive ketones (excluding diaryl/α,β-unsaturated/α-hetero) is 1. The van der Waals surface area contributed by atoms with Crippen LogP contribution in [0, 0.1) is 5.82 Å². The van der Waals surface area contributed by atoms with Crippen molar-refractivity contribution in [1.29, 1.82) is 0 Å². The fourth-order valence-corrected chi connectivity index (χ4v) is 3.75. The van der Waals surface area contributed by atoms with E-state index in [2.05, 4.69) is 11.8 Å². The number of hydrogen-bond acceptors (Lipinski definition) is 4. The third-order valence-electron chi connectivity index (χ3n) is 5.27. The summed E-state index contributed by atoms with van der Waals surface area (Å²) in [7, 11) is 3.21. The molecule has 0 N–H and O–H groups in total. The van der Waals surface area contributed by atoms with Crippen LogP contribution in [-0.2, 0) is 11.2 Å². The molecule has 1 unspecified atom stereocenters. The Balaban J connectivity index is 2.29. The molecule has 0 aliphatic carbocycles. The molecule has 1 atom stereocenters. The van der Waals surface area contributed by atoms with E-state index >= 15 is 0 Å². The second-order valence-electron chi connectivity index (χ2n) is 6.91. The van der Waals surface area contributed by atoms with E-state index in [1.165, 1.54) is 12.1 Å². The minimum absolute atomic E-state index is 0.00425. The first-order valence-electron chi connectivity index (χ1n) is 9.45. The van der Waals surface area contributed by atoms with E-state index in [4.69, 9.17) is 9.47 Å². The molecular formula is C23H26FNO3. The molecule has 0 fully saturated rings. The van der Waals surface area contributed by atoms with Gasteiger partial charge in [-0.2, -0.15) is 0 Å². The third-order valence-corrected chi connectivity index (χ3v) is 5.27. The summed E-state index contributed by atoms with van der Waals surface area (Å²) < 4.78 is 24.6. The Morgan fingerprint density at radius 2 is 1.79 bits per heavy atom. The minimum Gasteiger partial charge on any atom is -0.493 e. The summed E-state index contributed by atoms with van der Waals surface area (Å²) in [6.45, 7) is 5.25. The summed E-state index contributed by atoms with van der Waals surface area (Å²) in [6, 6.07) is 10.3. The van der Waals surface area contributed by atoms with Crippen LogP contribution >= 0.6 is 0 Å². The third kappa shape index (κ3) is 3.88. The number of carbonyl (C=O) groups is 1. The number of rotatable bonds is 5. The number of likely N-dealkylation sites (N-methyl/N-ethyl adjacent to an activating group) is 1. The van der Waals surface area contributed by atoms with Crippen LogP contribution in [-0.4, -0.2) is 38.0 Å². The molecule has 2 aromatic carbocycles. The van der Waals surface area contributed by atoms with Crippen LogP contribution < -0.4 is 9.47 Å². The van der Waals surface area contributed by atoms with Gasteiger partial charge >= 0.3 is 0 Å². The van der Waals surface area contributed by atoms with Crippen molar-refractivity contribution in [1.82, 2.24) is 4.90 Å². The Morgan fingerprint density at radius 3 is 2.36 bits per heavy atom. The maximum atomic E-state index is 13.6. The number of nitrogens with zero attached hydrogens (tertiary/aromatic N) is 1. The van der Waals surface area contributed by atoms with Crippen molar-refractivity contribution in [3.63, 3.8) is 0 Å². The zero-order chi connectivity index (χ0) is 20.3. The predicted octanol–water partition coefficient (Wildman–Crippen LogP) is 4.33. The fraction of sp³-hybridized carbons (Fsp3) is 0.348. The number of fused-ring (bicyclic) bond motifs is 1. The van der Waals surface area contributed by atoms with Crippen LogP contribution in [0.2, 0.25) is 0 Å². The SMILES string of the molecule is CCN1/C=C(/C(C)=O)C(c2ccc(F)cc2)c2cc(OC)c(OC)cc2CC1. The second kappa shape index (κ2) is 8.46. The van der Waals surface area contributed by atoms with Gasteiger partial charge < -0.3 is 14.4 Å². The molecule has 3 rings (SSSR count). The lowest BCUT2D eigenvalue weighted by Crippen LogP contribution is -2.26. The van der Waals surface area contributed by atoms with Gasteiger partial charge in [0.25, 0.3) is 0 Å². The molecule has 0 aromatic heterocycles. The number of ether oxygens (including phenoxy) is 2. The second-order valence-corrected chi connectivity index (χ2v) is 6.91. The van der Waals surface area contributed by atoms with Gasteiger partial charge in [-0.15, -0.1) is 0 Å². The first kappa shape index (κ1) is 19.9. The molecule has 0 radical (unpaired) electrons. The number of allylic oxidation sites excluding steroid dienone is 1. The normalized spacial score (nSPS) is 18.4. The number of hydrogen-bond donors (Lipinski definition) is 0. The van der Waals surface area contributed by atoms with Crippen LogP contribution in [0.4, 0.5) is 4.39 Å². The van der Waals surface area contributed by atoms with Crippen LogP contribution in [0.1, 0.15) is 36.5 Å². The molecule has 1 aliphatic rings. The van der Waals surface area contributed by atoms with Gasteiger partial charge in [-0.05, 0) is 61.2 Å². The Hall–Kier alpha value is -2.82. The van der Waals surface area contributed by atoms with Crippen molar-refractivity contribution < 1.29 is 18.7 Å². The van der Waals surface area contributed by atoms with Gasteiger partial charge in [-0.25, -0.2) is 4.39 Å². The number of carbonyl (C=O) groups excluding carboxylic acids is 1. The zero-order valence-corrected chi connectivity index (χ0v) is 16.8. The number of benzene rings is 2. The highest BCUT2D eigenvalue weighted by Gasteiger charge is 2.28. The van der Waals surface area contributed by atoms with Gasteiger partial charge in [0.15, 0.2) is 17.3 Å². The van der Waals surface area contributed by atoms with Crippen molar-refractivity contribution in [3.8, 4) is 11.5 Å². The largest absolute Gasteiger partial charge is 0.493 e. The lowest BCUT2D eigenvalue weighted by atomic mass is 9.79. The first-order chi connectivity index (χ1) is 13.5. The molecule has 1 heterocycles. The van der Waals surface area contributed by atoms with Crippen LogP contribution in [0.15, 0.2) is 48.2 Å². The van der Waals surface area contributed by atoms with E-state index in [1.54, 1.807) is 33.3 Å². The number of halogens is 1. The maximum absolute atomic E-state index is 13.6. The first-order valence-corrected chi connectivity index (χ1v) is 9.45. The van der Waals surface area contributed by atoms with Gasteiger partial charge in [0.05, 0.1) is 14.2 Å². The molecule has 5 heteroatoms. The number of methoxy groups -OCH3 is 2. The smallest absolute Gasteiger partial charge is 0.161 e. The molecule has 0 bridgehead atoms. The van der Waals surface area contributed by atoms with Crippen LogP contribution in [0.25, 0.3) is 0 Å². The summed E-state index contributed by atoms with van der Waals surface area (Å²) in [5.74, 6) is 0.670. The standard InChI is InChI=1S/C23H26FNO3/c1-5-25-11-10-17-12-21(27-3)22(28-4)13-19(17)23(20(14-25)15(2)26)16-6-8-18(24)9-7-16/h6-9,12-14,23H,5,10-11H2,1-4H3/b20-14-. The highest BCUT2D eigenvalue weighted by Crippen LogP contribution is 2.41. The van der Waals surface area contributed by atoms with Crippen molar-refractivity contribution in [2.75, 3.05) is 27.3 Å². The lowest BCUT2D eigenvalue weighted by Gasteiger charge is -2.30. The van der Waals surface area contributed by atoms with Crippen molar-refractivity contribution >= 4 is 5.78 Å². The number of ketones is 1. The fourth-order valence-electron chi connectivity index (χ4n) is 3.75. The molecular weight excluding hydrogens is 357 g/mol. The Morgan fingerprint density at radius 1 is 1.14 bits per heavy atom. The highest BCUT2D eigenvalue weighted by molar-refractivity contribution is 5.95. The van der Waals surface area contributed by atoms with Gasteiger partial charge in [0.1, 0.15) is 5.82 Å². The zero-order valence-electron chi connectivity index (χ0n) is 16.8. The van der Waals surface area contributed by atoms with E-state index in [1.807, 2.05) is 18.3 Å². The molecule has 0 spiro atoms. The average molecular weight is 383 g/mol. The van der Waals surface area contributed by atoms with Crippen molar-refractivity contribution in [3.05, 3.63) is 70.7 Å². The molecule has 28 heavy (non-hydrogen) atoms. The quantitative estimate of drug-likeness (QED) is 0.771. The molecule has 0 saturated carbocycles. The Labute approximate surface area is 165 Å². The Bertz CT molecular complexity index is 889. The van der Waals surface area contributed by atoms with E-state index in [0.29, 0.717) is 17.1 Å². The monoisotopic (exact) mass is 383 g/mol. The van der Waals surface area contributed by atoms with E-state index in [9.17, 15) is 9.18 Å². The summed E-state index contributed by atoms with van der Waals surface area (Å²) in [6.07, 6.45) is 2.76. The van der Waals surface area contributed by atoms with E-state index in [-0.39, 0.29) is 17.5 Å². The molecule has 0 amide bonds. The van der Waals surface area contributed by atoms with Crippen molar-refractivity contribution in [2.24, 2.45) is 0 Å². The van der Waals surface area contributed by atoms with Crippen LogP contribution in [0.5, 0.6) is 11.5 Å². The van der Waals surface area contributed by atoms with Gasteiger partial charge in [-0.1, -0.05) is 12.1 Å². The summed E-state index contributed by atoms with van der Waals surface area (Å²) >= 11 is 0. The molecule has 2 aromatic rings. The maximum Gasteiger partial charge on any atom is 0.161 e. The topological polar surface area (TPSA) is 38.8 Å². The van der Waals surface area contributed by atoms with E-state index in [0.717, 1.165) is 36.2 Å². The van der Waals surface area contributed by atoms with Gasteiger partial charge in [0.2, 0.25) is 0 Å². The van der Waals surface area contributed by atoms with Crippen molar-refractivity contribution in [2.45, 2.75) is 26.2 Å². The minimum atomic E-state index is -0.303. The molecule has 148 valence electrons. The lowest BCUT2D eigenvalue weighted by molar-refractivity contribution is -0.113. The van der Waals surface area contributed by atoms with Crippen LogP contribution in [0.3, 0.4) is 0 Å². The summed E-state index contributed by atoms with van der Waals surface area (Å²) in [5, 5.41) is 0. The predicted molar refractivity (Wildman–Crippen MR) is 108 cm³/mol. The summed E-state index contributed by atoms with van der Waals surface area (Å²) in [4.78, 5) is 14.8. The van der Waals surface area contributed by atoms with Gasteiger partial charge in [0, 0.05) is 30.8 Å². The summed E-state index contributed by atoms with van der Waals surface area (Å²) in [5.41, 5.74) is 3.63. The Kier molecular flexibility index (Phi) is 6.02. The molecule has 0 saturated heterocycles. The highest BCUT2D eigenvalue weighted by atomic mass is 19.1. The van der Waals surface area contributed by atoms with Gasteiger partial charge in [-0.3, -0.25) is 4.79 Å². The van der Waals surface area contributed by atoms with E-state index < -0.39 is 0 Å².